The van der Waals surface area contributed by atoms with E-state index >= 15 is 0 Å². The van der Waals surface area contributed by atoms with Crippen LogP contribution in [0.3, 0.4) is 0 Å². The molecule has 13 heteroatoms. The average molecular weight is 708 g/mol. The third-order valence-corrected chi connectivity index (χ3v) is 15.3. The molecule has 3 aliphatic carbocycles. The molecule has 0 aromatic heterocycles. The van der Waals surface area contributed by atoms with Gasteiger partial charge >= 0.3 is 6.03 Å². The first kappa shape index (κ1) is 39.1. The maximum atomic E-state index is 14.5. The Labute approximate surface area is 293 Å². The summed E-state index contributed by atoms with van der Waals surface area (Å²) in [5.41, 5.74) is -3.25. The van der Waals surface area contributed by atoms with Gasteiger partial charge in [0.2, 0.25) is 17.6 Å². The first-order valence-corrected chi connectivity index (χ1v) is 19.7. The summed E-state index contributed by atoms with van der Waals surface area (Å²) in [5.74, 6) is -2.52. The first-order chi connectivity index (χ1) is 22.4. The summed E-state index contributed by atoms with van der Waals surface area (Å²) < 4.78 is 26.2. The smallest absolute Gasteiger partial charge is 0.315 e. The third kappa shape index (κ3) is 6.98. The number of ketones is 1. The molecule has 12 nitrogen and oxygen atoms in total. The number of amides is 5. The Kier molecular flexibility index (Phi) is 10.5. The number of sulfone groups is 1. The molecule has 4 fully saturated rings. The zero-order valence-electron chi connectivity index (χ0n) is 31.5. The fraction of sp³-hybridized carbons (Fsp3) is 0.861. The third-order valence-electron chi connectivity index (χ3n) is 12.2. The van der Waals surface area contributed by atoms with E-state index in [-0.39, 0.29) is 29.7 Å². The fourth-order valence-electron chi connectivity index (χ4n) is 8.71. The highest BCUT2D eigenvalue weighted by atomic mass is 32.2. The lowest BCUT2D eigenvalue weighted by Gasteiger charge is -2.45. The fourth-order valence-corrected chi connectivity index (χ4v) is 10.7. The van der Waals surface area contributed by atoms with Crippen molar-refractivity contribution in [1.29, 1.82) is 0 Å². The molecule has 4 aliphatic rings. The van der Waals surface area contributed by atoms with Crippen molar-refractivity contribution in [1.82, 2.24) is 26.2 Å². The van der Waals surface area contributed by atoms with Crippen LogP contribution in [0.5, 0.6) is 0 Å². The van der Waals surface area contributed by atoms with Crippen LogP contribution < -0.4 is 21.3 Å². The lowest BCUT2D eigenvalue weighted by Crippen LogP contribution is -2.66. The lowest BCUT2D eigenvalue weighted by atomic mass is 9.79. The maximum absolute atomic E-state index is 14.5. The Hall–Kier alpha value is -2.70. The Bertz CT molecular complexity index is 1460. The summed E-state index contributed by atoms with van der Waals surface area (Å²) >= 11 is 0. The Balaban J connectivity index is 1.59. The number of hydrogen-bond donors (Lipinski definition) is 4. The Morgan fingerprint density at radius 3 is 2.00 bits per heavy atom. The van der Waals surface area contributed by atoms with E-state index in [1.54, 1.807) is 39.5 Å². The number of Topliss-reactive ketones (excluding diaryl/α,β-unsaturated/α-hetero) is 1. The van der Waals surface area contributed by atoms with Gasteiger partial charge in [0.25, 0.3) is 5.91 Å². The van der Waals surface area contributed by atoms with Crippen LogP contribution in [0.4, 0.5) is 4.79 Å². The number of likely N-dealkylation sites (N-methyl/N-ethyl adjacent to an activating group) is 1. The second kappa shape index (κ2) is 13.1. The monoisotopic (exact) mass is 707 g/mol. The van der Waals surface area contributed by atoms with Crippen molar-refractivity contribution < 1.29 is 32.4 Å². The Morgan fingerprint density at radius 2 is 1.51 bits per heavy atom. The van der Waals surface area contributed by atoms with Gasteiger partial charge < -0.3 is 26.2 Å². The summed E-state index contributed by atoms with van der Waals surface area (Å²) in [6.45, 7) is 20.6. The molecule has 5 amide bonds. The van der Waals surface area contributed by atoms with Gasteiger partial charge in [0.05, 0.1) is 15.5 Å². The highest BCUT2D eigenvalue weighted by Crippen LogP contribution is 2.65. The van der Waals surface area contributed by atoms with Crippen molar-refractivity contribution >= 4 is 39.4 Å². The van der Waals surface area contributed by atoms with E-state index in [2.05, 4.69) is 35.1 Å². The molecule has 278 valence electrons. The molecule has 49 heavy (non-hydrogen) atoms. The van der Waals surface area contributed by atoms with Crippen molar-refractivity contribution in [2.24, 2.45) is 28.6 Å². The van der Waals surface area contributed by atoms with Crippen molar-refractivity contribution in [3.05, 3.63) is 0 Å². The number of nitrogens with zero attached hydrogens (tertiary/aromatic N) is 1. The minimum absolute atomic E-state index is 0.0619. The molecule has 0 bridgehead atoms. The summed E-state index contributed by atoms with van der Waals surface area (Å²) in [4.78, 5) is 70.0. The van der Waals surface area contributed by atoms with Gasteiger partial charge in [-0.1, -0.05) is 67.2 Å². The average Bonchev–Trinajstić information content (AvgIpc) is 3.76. The van der Waals surface area contributed by atoms with Crippen LogP contribution in [0.2, 0.25) is 0 Å². The Morgan fingerprint density at radius 1 is 0.918 bits per heavy atom. The lowest BCUT2D eigenvalue weighted by molar-refractivity contribution is -0.145. The highest BCUT2D eigenvalue weighted by Gasteiger charge is 2.71. The maximum Gasteiger partial charge on any atom is 0.315 e. The summed E-state index contributed by atoms with van der Waals surface area (Å²) in [5, 5.41) is 10.6. The number of hydrogen-bond acceptors (Lipinski definition) is 7. The molecule has 0 aromatic rings. The van der Waals surface area contributed by atoms with Crippen LogP contribution in [0.15, 0.2) is 0 Å². The number of likely N-dealkylation sites (tertiary alicyclic amines) is 1. The van der Waals surface area contributed by atoms with Crippen LogP contribution in [-0.4, -0.2) is 89.1 Å². The van der Waals surface area contributed by atoms with Crippen molar-refractivity contribution in [2.75, 3.05) is 13.1 Å². The number of rotatable bonds is 11. The molecule has 1 heterocycles. The SMILES string of the molecule is CCNC(=O)C(=O)[C@]1(NC(=O)[C@@H]2[C@@H]3[C@H](CN2C(=O)[C@@H](NC(=O)NC2([C@@H](C)S(=O)(=O)C(C)(C)C)CCCCC2)C(C)(C)C)C3(C)C)C[C@H]1CC. The van der Waals surface area contributed by atoms with Crippen LogP contribution >= 0.6 is 0 Å². The number of urea groups is 1. The molecule has 3 saturated carbocycles. The molecule has 4 N–H and O–H groups in total. The predicted octanol–water partition coefficient (Wildman–Crippen LogP) is 3.48. The largest absolute Gasteiger partial charge is 0.350 e. The number of piperidine rings is 1. The zero-order valence-corrected chi connectivity index (χ0v) is 32.4. The number of carbonyl (C=O) groups excluding carboxylic acids is 5. The molecular weight excluding hydrogens is 646 g/mol. The molecule has 0 radical (unpaired) electrons. The summed E-state index contributed by atoms with van der Waals surface area (Å²) in [7, 11) is -3.64. The minimum Gasteiger partial charge on any atom is -0.350 e. The second-order valence-electron chi connectivity index (χ2n) is 17.8. The summed E-state index contributed by atoms with van der Waals surface area (Å²) in [6, 6.07) is -2.53. The molecule has 0 aromatic carbocycles. The zero-order chi connectivity index (χ0) is 37.1. The van der Waals surface area contributed by atoms with E-state index in [9.17, 15) is 32.4 Å². The van der Waals surface area contributed by atoms with Gasteiger partial charge in [0.1, 0.15) is 17.6 Å². The second-order valence-corrected chi connectivity index (χ2v) is 20.8. The minimum atomic E-state index is -3.64. The molecule has 7 atom stereocenters. The summed E-state index contributed by atoms with van der Waals surface area (Å²) in [6.07, 6.45) is 4.48. The van der Waals surface area contributed by atoms with Crippen LogP contribution in [0, 0.1) is 28.6 Å². The number of nitrogens with one attached hydrogen (secondary N) is 4. The van der Waals surface area contributed by atoms with E-state index in [1.807, 2.05) is 27.7 Å². The molecule has 0 spiro atoms. The topological polar surface area (TPSA) is 171 Å². The van der Waals surface area contributed by atoms with Gasteiger partial charge in [-0.05, 0) is 82.5 Å². The van der Waals surface area contributed by atoms with Gasteiger partial charge in [-0.15, -0.1) is 0 Å². The number of carbonyl (C=O) groups is 5. The first-order valence-electron chi connectivity index (χ1n) is 18.2. The van der Waals surface area contributed by atoms with Gasteiger partial charge in [-0.25, -0.2) is 13.2 Å². The molecular formula is C36H61N5O7S. The van der Waals surface area contributed by atoms with Gasteiger partial charge in [-0.2, -0.15) is 0 Å². The van der Waals surface area contributed by atoms with E-state index in [0.29, 0.717) is 32.2 Å². The van der Waals surface area contributed by atoms with Crippen molar-refractivity contribution in [3.8, 4) is 0 Å². The normalized spacial score (nSPS) is 29.9. The van der Waals surface area contributed by atoms with Crippen LogP contribution in [0.1, 0.15) is 121 Å². The van der Waals surface area contributed by atoms with Gasteiger partial charge in [-0.3, -0.25) is 19.2 Å². The molecule has 4 rings (SSSR count). The standard InChI is InChI=1S/C36H61N5O7S/c1-12-22-19-36(22,27(42)29(44)37-13-2)39-28(43)25-24-23(34(24,10)11)20-41(25)30(45)26(32(4,5)6)38-31(46)40-35(17-15-14-16-18-35)21(3)49(47,48)33(7,8)9/h21-26H,12-20H2,1-11H3,(H,37,44)(H,39,43)(H2,38,40,46)/t21-,22-,23+,24+,25+,26-,36+/m1/s1. The van der Waals surface area contributed by atoms with E-state index in [0.717, 1.165) is 19.3 Å². The quantitative estimate of drug-likeness (QED) is 0.238. The van der Waals surface area contributed by atoms with Crippen LogP contribution in [0.25, 0.3) is 0 Å². The van der Waals surface area contributed by atoms with Crippen LogP contribution in [-0.2, 0) is 29.0 Å². The van der Waals surface area contributed by atoms with E-state index < -0.39 is 77.9 Å². The number of fused-ring (bicyclic) bond motifs is 1. The van der Waals surface area contributed by atoms with Crippen molar-refractivity contribution in [3.63, 3.8) is 0 Å². The molecule has 1 saturated heterocycles. The van der Waals surface area contributed by atoms with Crippen molar-refractivity contribution in [2.45, 2.75) is 154 Å². The van der Waals surface area contributed by atoms with E-state index in [4.69, 9.17) is 0 Å². The molecule has 1 aliphatic heterocycles. The van der Waals surface area contributed by atoms with Gasteiger partial charge in [0, 0.05) is 13.1 Å². The van der Waals surface area contributed by atoms with E-state index in [1.165, 1.54) is 0 Å². The highest BCUT2D eigenvalue weighted by molar-refractivity contribution is 7.93. The predicted molar refractivity (Wildman–Crippen MR) is 188 cm³/mol. The molecule has 0 unspecified atom stereocenters. The van der Waals surface area contributed by atoms with Gasteiger partial charge in [0.15, 0.2) is 9.84 Å².